The van der Waals surface area contributed by atoms with E-state index in [-0.39, 0.29) is 35.1 Å². The molecule has 3 rings (SSSR count). The summed E-state index contributed by atoms with van der Waals surface area (Å²) < 4.78 is 15.1. The molecule has 0 spiro atoms. The van der Waals surface area contributed by atoms with E-state index in [4.69, 9.17) is 5.84 Å². The number of halogens is 1. The second-order valence-electron chi connectivity index (χ2n) is 6.37. The fourth-order valence-electron chi connectivity index (χ4n) is 3.32. The highest BCUT2D eigenvalue weighted by Gasteiger charge is 2.29. The minimum Gasteiger partial charge on any atom is -0.337 e. The molecule has 1 fully saturated rings. The zero-order chi connectivity index (χ0) is 18.0. The molecule has 1 saturated heterocycles. The first-order valence-electron chi connectivity index (χ1n) is 8.38. The molecule has 0 unspecified atom stereocenters. The molecule has 0 radical (unpaired) electrons. The molecule has 0 saturated carbocycles. The Bertz CT molecular complexity index is 755. The molecule has 0 bridgehead atoms. The van der Waals surface area contributed by atoms with Crippen LogP contribution in [0.4, 0.5) is 4.39 Å². The Morgan fingerprint density at radius 3 is 2.64 bits per heavy atom. The first-order valence-corrected chi connectivity index (χ1v) is 9.37. The number of nitrogens with zero attached hydrogens (tertiary/aromatic N) is 4. The van der Waals surface area contributed by atoms with Gasteiger partial charge in [0.15, 0.2) is 5.82 Å². The maximum atomic E-state index is 13.9. The number of nitrogen functional groups attached to an aromatic ring is 1. The van der Waals surface area contributed by atoms with Crippen LogP contribution in [0.1, 0.15) is 33.1 Å². The molecule has 0 aliphatic carbocycles. The van der Waals surface area contributed by atoms with E-state index in [1.54, 1.807) is 18.2 Å². The summed E-state index contributed by atoms with van der Waals surface area (Å²) in [5.74, 6) is 6.14. The van der Waals surface area contributed by atoms with Crippen molar-refractivity contribution in [2.24, 2.45) is 0 Å². The number of aromatic nitrogens is 3. The van der Waals surface area contributed by atoms with Gasteiger partial charge in [-0.05, 0) is 45.2 Å². The Hall–Kier alpha value is -2.09. The van der Waals surface area contributed by atoms with Gasteiger partial charge < -0.3 is 10.7 Å². The van der Waals surface area contributed by atoms with E-state index < -0.39 is 5.82 Å². The highest BCUT2D eigenvalue weighted by Crippen LogP contribution is 2.26. The van der Waals surface area contributed by atoms with Crippen molar-refractivity contribution in [1.82, 2.24) is 19.8 Å². The number of hydrogen-bond donors (Lipinski definition) is 1. The van der Waals surface area contributed by atoms with E-state index in [0.717, 1.165) is 19.3 Å². The average molecular weight is 363 g/mol. The van der Waals surface area contributed by atoms with Gasteiger partial charge in [0.1, 0.15) is 5.82 Å². The van der Waals surface area contributed by atoms with Gasteiger partial charge in [-0.1, -0.05) is 23.9 Å². The van der Waals surface area contributed by atoms with Crippen molar-refractivity contribution in [3.05, 3.63) is 30.1 Å². The third kappa shape index (κ3) is 3.63. The van der Waals surface area contributed by atoms with Crippen LogP contribution in [-0.4, -0.2) is 43.5 Å². The van der Waals surface area contributed by atoms with E-state index in [1.165, 1.54) is 22.5 Å². The maximum Gasteiger partial charge on any atom is 0.233 e. The lowest BCUT2D eigenvalue weighted by Crippen LogP contribution is -2.48. The smallest absolute Gasteiger partial charge is 0.233 e. The molecule has 134 valence electrons. The number of piperidine rings is 1. The zero-order valence-electron chi connectivity index (χ0n) is 14.4. The van der Waals surface area contributed by atoms with Crippen LogP contribution >= 0.6 is 11.8 Å². The SMILES string of the molecule is C[C@@H]1CCC[C@H](C)N1C(=O)CSc1nnc(-c2ccccc2F)n1N. The van der Waals surface area contributed by atoms with E-state index in [9.17, 15) is 9.18 Å². The zero-order valence-corrected chi connectivity index (χ0v) is 15.2. The molecule has 6 nitrogen and oxygen atoms in total. The van der Waals surface area contributed by atoms with Crippen molar-refractivity contribution in [1.29, 1.82) is 0 Å². The van der Waals surface area contributed by atoms with Crippen molar-refractivity contribution in [3.63, 3.8) is 0 Å². The van der Waals surface area contributed by atoms with E-state index in [0.29, 0.717) is 5.16 Å². The van der Waals surface area contributed by atoms with Gasteiger partial charge in [-0.25, -0.2) is 9.07 Å². The minimum atomic E-state index is -0.412. The summed E-state index contributed by atoms with van der Waals surface area (Å²) in [6.07, 6.45) is 3.22. The number of benzene rings is 1. The van der Waals surface area contributed by atoms with Crippen molar-refractivity contribution < 1.29 is 9.18 Å². The normalized spacial score (nSPS) is 20.7. The summed E-state index contributed by atoms with van der Waals surface area (Å²) in [4.78, 5) is 14.5. The summed E-state index contributed by atoms with van der Waals surface area (Å²) in [5.41, 5.74) is 0.286. The molecule has 25 heavy (non-hydrogen) atoms. The minimum absolute atomic E-state index is 0.0696. The predicted molar refractivity (Wildman–Crippen MR) is 95.9 cm³/mol. The van der Waals surface area contributed by atoms with Crippen LogP contribution in [-0.2, 0) is 4.79 Å². The van der Waals surface area contributed by atoms with Crippen LogP contribution in [0.15, 0.2) is 29.4 Å². The van der Waals surface area contributed by atoms with Crippen LogP contribution in [0.3, 0.4) is 0 Å². The van der Waals surface area contributed by atoms with Gasteiger partial charge in [0.05, 0.1) is 11.3 Å². The fourth-order valence-corrected chi connectivity index (χ4v) is 4.04. The van der Waals surface area contributed by atoms with E-state index in [1.807, 2.05) is 4.90 Å². The average Bonchev–Trinajstić information content (AvgIpc) is 2.94. The van der Waals surface area contributed by atoms with Gasteiger partial charge in [0, 0.05) is 12.1 Å². The quantitative estimate of drug-likeness (QED) is 0.667. The Kier molecular flexibility index (Phi) is 5.27. The number of nitrogens with two attached hydrogens (primary N) is 1. The Balaban J connectivity index is 1.70. The number of amides is 1. The molecule has 8 heteroatoms. The predicted octanol–water partition coefficient (Wildman–Crippen LogP) is 2.68. The van der Waals surface area contributed by atoms with Gasteiger partial charge in [-0.15, -0.1) is 10.2 Å². The molecule has 1 aromatic carbocycles. The third-order valence-electron chi connectivity index (χ3n) is 4.59. The summed E-state index contributed by atoms with van der Waals surface area (Å²) in [7, 11) is 0. The summed E-state index contributed by atoms with van der Waals surface area (Å²) in [6, 6.07) is 6.76. The number of rotatable bonds is 4. The fraction of sp³-hybridized carbons (Fsp3) is 0.471. The van der Waals surface area contributed by atoms with Crippen molar-refractivity contribution in [3.8, 4) is 11.4 Å². The van der Waals surface area contributed by atoms with Crippen molar-refractivity contribution in [2.45, 2.75) is 50.4 Å². The summed E-state index contributed by atoms with van der Waals surface area (Å²) in [5, 5.41) is 8.36. The molecule has 2 atom stereocenters. The molecule has 1 aliphatic heterocycles. The van der Waals surface area contributed by atoms with Crippen LogP contribution < -0.4 is 5.84 Å². The van der Waals surface area contributed by atoms with Gasteiger partial charge in [0.25, 0.3) is 0 Å². The van der Waals surface area contributed by atoms with E-state index >= 15 is 0 Å². The summed E-state index contributed by atoms with van der Waals surface area (Å²) >= 11 is 1.22. The topological polar surface area (TPSA) is 77.0 Å². The standard InChI is InChI=1S/C17H22FN5OS/c1-11-6-5-7-12(2)22(11)15(24)10-25-17-21-20-16(23(17)19)13-8-3-4-9-14(13)18/h3-4,8-9,11-12H,5-7,10,19H2,1-2H3/t11-,12+. The van der Waals surface area contributed by atoms with Crippen molar-refractivity contribution >= 4 is 17.7 Å². The largest absolute Gasteiger partial charge is 0.337 e. The molecule has 2 heterocycles. The number of thioether (sulfide) groups is 1. The molecule has 1 amide bonds. The maximum absolute atomic E-state index is 13.9. The van der Waals surface area contributed by atoms with Crippen LogP contribution in [0.25, 0.3) is 11.4 Å². The highest BCUT2D eigenvalue weighted by molar-refractivity contribution is 7.99. The lowest BCUT2D eigenvalue weighted by Gasteiger charge is -2.39. The number of carbonyl (C=O) groups excluding carboxylic acids is 1. The molecule has 2 N–H and O–H groups in total. The Labute approximate surface area is 150 Å². The highest BCUT2D eigenvalue weighted by atomic mass is 32.2. The van der Waals surface area contributed by atoms with Gasteiger partial charge >= 0.3 is 0 Å². The molecular weight excluding hydrogens is 341 g/mol. The molecule has 2 aromatic rings. The number of likely N-dealkylation sites (tertiary alicyclic amines) is 1. The van der Waals surface area contributed by atoms with Gasteiger partial charge in [0.2, 0.25) is 11.1 Å². The Morgan fingerprint density at radius 1 is 1.28 bits per heavy atom. The van der Waals surface area contributed by atoms with Crippen LogP contribution in [0.5, 0.6) is 0 Å². The lowest BCUT2D eigenvalue weighted by molar-refractivity contribution is -0.134. The van der Waals surface area contributed by atoms with E-state index in [2.05, 4.69) is 24.0 Å². The second kappa shape index (κ2) is 7.43. The number of hydrogen-bond acceptors (Lipinski definition) is 5. The van der Waals surface area contributed by atoms with Crippen molar-refractivity contribution in [2.75, 3.05) is 11.6 Å². The summed E-state index contributed by atoms with van der Waals surface area (Å²) in [6.45, 7) is 4.17. The lowest BCUT2D eigenvalue weighted by atomic mass is 9.98. The monoisotopic (exact) mass is 363 g/mol. The first-order chi connectivity index (χ1) is 12.0. The van der Waals surface area contributed by atoms with Crippen LogP contribution in [0, 0.1) is 5.82 Å². The second-order valence-corrected chi connectivity index (χ2v) is 7.32. The molecule has 1 aliphatic rings. The van der Waals surface area contributed by atoms with Gasteiger partial charge in [-0.2, -0.15) is 0 Å². The number of carbonyl (C=O) groups is 1. The van der Waals surface area contributed by atoms with Gasteiger partial charge in [-0.3, -0.25) is 4.79 Å². The molecular formula is C17H22FN5OS. The molecule has 1 aromatic heterocycles. The third-order valence-corrected chi connectivity index (χ3v) is 5.51. The Morgan fingerprint density at radius 2 is 1.96 bits per heavy atom. The first kappa shape index (κ1) is 17.7. The van der Waals surface area contributed by atoms with Crippen LogP contribution in [0.2, 0.25) is 0 Å².